The molecular weight excluding hydrogens is 266 g/mol. The van der Waals surface area contributed by atoms with Gasteiger partial charge in [-0.3, -0.25) is 10.1 Å². The van der Waals surface area contributed by atoms with Crippen molar-refractivity contribution in [2.45, 2.75) is 84.4 Å². The largest absolute Gasteiger partial charge is 0.465 e. The second kappa shape index (κ2) is 8.74. The second-order valence-corrected chi connectivity index (χ2v) is 6.87. The van der Waals surface area contributed by atoms with Crippen LogP contribution in [0, 0.1) is 5.92 Å². The van der Waals surface area contributed by atoms with E-state index in [1.807, 2.05) is 27.7 Å². The van der Waals surface area contributed by atoms with Gasteiger partial charge in [0.25, 0.3) is 0 Å². The molecule has 0 spiro atoms. The van der Waals surface area contributed by atoms with E-state index < -0.39 is 5.54 Å². The molecule has 4 nitrogen and oxygen atoms in total. The molecule has 1 rings (SSSR count). The Hall–Kier alpha value is -0.610. The number of hydrogen-bond donors (Lipinski definition) is 1. The fraction of sp³-hybridized carbons (Fsp3) is 0.941. The third-order valence-corrected chi connectivity index (χ3v) is 4.18. The summed E-state index contributed by atoms with van der Waals surface area (Å²) in [4.78, 5) is 12.2. The van der Waals surface area contributed by atoms with Crippen molar-refractivity contribution in [3.63, 3.8) is 0 Å². The summed E-state index contributed by atoms with van der Waals surface area (Å²) in [5.41, 5.74) is -0.662. The highest BCUT2D eigenvalue weighted by Crippen LogP contribution is 2.26. The highest BCUT2D eigenvalue weighted by molar-refractivity contribution is 5.80. The number of ether oxygens (including phenoxy) is 2. The van der Waals surface area contributed by atoms with Crippen LogP contribution in [0.25, 0.3) is 0 Å². The van der Waals surface area contributed by atoms with Crippen LogP contribution in [0.5, 0.6) is 0 Å². The van der Waals surface area contributed by atoms with Gasteiger partial charge < -0.3 is 9.47 Å². The zero-order valence-electron chi connectivity index (χ0n) is 14.4. The first-order valence-electron chi connectivity index (χ1n) is 8.44. The molecule has 21 heavy (non-hydrogen) atoms. The maximum absolute atomic E-state index is 12.2. The normalized spacial score (nSPS) is 25.6. The summed E-state index contributed by atoms with van der Waals surface area (Å²) in [6, 6.07) is 0.231. The first-order chi connectivity index (χ1) is 9.87. The minimum atomic E-state index is -0.662. The Balaban J connectivity index is 2.47. The summed E-state index contributed by atoms with van der Waals surface area (Å²) in [5.74, 6) is 0.577. The summed E-state index contributed by atoms with van der Waals surface area (Å²) < 4.78 is 11.2. The fourth-order valence-corrected chi connectivity index (χ4v) is 3.12. The molecule has 0 saturated heterocycles. The van der Waals surface area contributed by atoms with Gasteiger partial charge in [0.15, 0.2) is 0 Å². The van der Waals surface area contributed by atoms with Crippen LogP contribution in [0.15, 0.2) is 0 Å². The van der Waals surface area contributed by atoms with Gasteiger partial charge >= 0.3 is 5.97 Å². The van der Waals surface area contributed by atoms with Crippen molar-refractivity contribution in [1.82, 2.24) is 5.32 Å². The lowest BCUT2D eigenvalue weighted by molar-refractivity contribution is -0.152. The Bertz CT molecular complexity index is 319. The minimum Gasteiger partial charge on any atom is -0.465 e. The van der Waals surface area contributed by atoms with E-state index in [1.54, 1.807) is 0 Å². The van der Waals surface area contributed by atoms with Gasteiger partial charge in [-0.25, -0.2) is 0 Å². The van der Waals surface area contributed by atoms with Gasteiger partial charge in [-0.2, -0.15) is 0 Å². The third kappa shape index (κ3) is 6.35. The molecule has 124 valence electrons. The molecule has 1 aliphatic rings. The van der Waals surface area contributed by atoms with E-state index in [-0.39, 0.29) is 12.0 Å². The summed E-state index contributed by atoms with van der Waals surface area (Å²) >= 11 is 0. The Morgan fingerprint density at radius 1 is 1.38 bits per heavy atom. The summed E-state index contributed by atoms with van der Waals surface area (Å²) in [6.45, 7) is 11.1. The van der Waals surface area contributed by atoms with Crippen LogP contribution < -0.4 is 5.32 Å². The summed E-state index contributed by atoms with van der Waals surface area (Å²) in [7, 11) is 0. The van der Waals surface area contributed by atoms with Gasteiger partial charge in [-0.15, -0.1) is 0 Å². The smallest absolute Gasteiger partial charge is 0.326 e. The molecule has 0 aliphatic heterocycles. The Labute approximate surface area is 130 Å². The zero-order valence-corrected chi connectivity index (χ0v) is 14.4. The van der Waals surface area contributed by atoms with Crippen molar-refractivity contribution in [2.24, 2.45) is 5.92 Å². The van der Waals surface area contributed by atoms with E-state index in [4.69, 9.17) is 9.47 Å². The van der Waals surface area contributed by atoms with Gasteiger partial charge in [0.1, 0.15) is 5.54 Å². The molecule has 3 unspecified atom stereocenters. The molecule has 4 heteroatoms. The average Bonchev–Trinajstić information content (AvgIpc) is 2.38. The van der Waals surface area contributed by atoms with E-state index >= 15 is 0 Å². The fourth-order valence-electron chi connectivity index (χ4n) is 3.12. The molecule has 0 radical (unpaired) electrons. The lowest BCUT2D eigenvalue weighted by atomic mass is 9.88. The number of nitrogens with one attached hydrogen (secondary N) is 1. The van der Waals surface area contributed by atoms with Crippen molar-refractivity contribution >= 4 is 5.97 Å². The van der Waals surface area contributed by atoms with Gasteiger partial charge in [0, 0.05) is 12.6 Å². The molecule has 1 aliphatic carbocycles. The number of carbonyl (C=O) groups is 1. The van der Waals surface area contributed by atoms with Crippen LogP contribution in [0.2, 0.25) is 0 Å². The van der Waals surface area contributed by atoms with Gasteiger partial charge in [0.05, 0.1) is 12.7 Å². The van der Waals surface area contributed by atoms with E-state index in [9.17, 15) is 4.79 Å². The molecule has 0 aromatic heterocycles. The minimum absolute atomic E-state index is 0.181. The molecule has 0 aromatic rings. The van der Waals surface area contributed by atoms with E-state index in [1.165, 1.54) is 12.8 Å². The van der Waals surface area contributed by atoms with Crippen molar-refractivity contribution in [3.05, 3.63) is 0 Å². The van der Waals surface area contributed by atoms with Crippen LogP contribution in [-0.2, 0) is 14.3 Å². The van der Waals surface area contributed by atoms with Crippen LogP contribution in [0.3, 0.4) is 0 Å². The lowest BCUT2D eigenvalue weighted by Crippen LogP contribution is -2.54. The molecule has 3 atom stereocenters. The SMILES string of the molecule is CCOC(=O)C(C)(CCOC1CCCC(C)C1)NC(C)C. The van der Waals surface area contributed by atoms with Crippen LogP contribution >= 0.6 is 0 Å². The molecule has 0 amide bonds. The van der Waals surface area contributed by atoms with Crippen LogP contribution in [-0.4, -0.2) is 36.9 Å². The maximum atomic E-state index is 12.2. The first kappa shape index (κ1) is 18.4. The Morgan fingerprint density at radius 2 is 2.10 bits per heavy atom. The third-order valence-electron chi connectivity index (χ3n) is 4.18. The first-order valence-corrected chi connectivity index (χ1v) is 8.44. The van der Waals surface area contributed by atoms with Crippen molar-refractivity contribution in [3.8, 4) is 0 Å². The number of hydrogen-bond acceptors (Lipinski definition) is 4. The predicted octanol–water partition coefficient (Wildman–Crippen LogP) is 3.29. The molecular formula is C17H33NO3. The van der Waals surface area contributed by atoms with E-state index in [0.29, 0.717) is 25.7 Å². The molecule has 1 saturated carbocycles. The Morgan fingerprint density at radius 3 is 2.67 bits per heavy atom. The van der Waals surface area contributed by atoms with Crippen molar-refractivity contribution in [2.75, 3.05) is 13.2 Å². The number of esters is 1. The van der Waals surface area contributed by atoms with E-state index in [2.05, 4.69) is 12.2 Å². The van der Waals surface area contributed by atoms with Crippen molar-refractivity contribution in [1.29, 1.82) is 0 Å². The lowest BCUT2D eigenvalue weighted by Gasteiger charge is -2.32. The van der Waals surface area contributed by atoms with Gasteiger partial charge in [0.2, 0.25) is 0 Å². The van der Waals surface area contributed by atoms with Gasteiger partial charge in [-0.1, -0.05) is 19.8 Å². The quantitative estimate of drug-likeness (QED) is 0.699. The van der Waals surface area contributed by atoms with Gasteiger partial charge in [-0.05, 0) is 52.9 Å². The molecule has 1 fully saturated rings. The Kier molecular flexibility index (Phi) is 7.67. The molecule has 1 N–H and O–H groups in total. The number of carbonyl (C=O) groups excluding carboxylic acids is 1. The average molecular weight is 299 g/mol. The zero-order chi connectivity index (χ0) is 15.9. The van der Waals surface area contributed by atoms with Crippen LogP contribution in [0.4, 0.5) is 0 Å². The molecule has 0 aromatic carbocycles. The van der Waals surface area contributed by atoms with Crippen molar-refractivity contribution < 1.29 is 14.3 Å². The number of rotatable bonds is 8. The topological polar surface area (TPSA) is 47.6 Å². The highest BCUT2D eigenvalue weighted by atomic mass is 16.5. The highest BCUT2D eigenvalue weighted by Gasteiger charge is 2.35. The maximum Gasteiger partial charge on any atom is 0.326 e. The summed E-state index contributed by atoms with van der Waals surface area (Å²) in [5, 5.41) is 3.33. The van der Waals surface area contributed by atoms with Crippen LogP contribution in [0.1, 0.15) is 66.7 Å². The van der Waals surface area contributed by atoms with E-state index in [0.717, 1.165) is 18.8 Å². The summed E-state index contributed by atoms with van der Waals surface area (Å²) in [6.07, 6.45) is 5.88. The second-order valence-electron chi connectivity index (χ2n) is 6.87. The molecule has 0 bridgehead atoms. The molecule has 0 heterocycles. The standard InChI is InChI=1S/C17H33NO3/c1-6-20-16(19)17(5,18-13(2)3)10-11-21-15-9-7-8-14(4)12-15/h13-15,18H,6-12H2,1-5H3. The predicted molar refractivity (Wildman–Crippen MR) is 85.3 cm³/mol. The monoisotopic (exact) mass is 299 g/mol.